The van der Waals surface area contributed by atoms with Crippen molar-refractivity contribution < 1.29 is 9.47 Å². The van der Waals surface area contributed by atoms with Crippen LogP contribution in [0.15, 0.2) is 23.2 Å². The lowest BCUT2D eigenvalue weighted by Gasteiger charge is -2.34. The fourth-order valence-electron chi connectivity index (χ4n) is 2.51. The van der Waals surface area contributed by atoms with E-state index in [1.165, 1.54) is 0 Å². The van der Waals surface area contributed by atoms with Crippen molar-refractivity contribution in [1.29, 1.82) is 0 Å². The van der Waals surface area contributed by atoms with Crippen LogP contribution < -0.4 is 10.2 Å². The number of anilines is 1. The van der Waals surface area contributed by atoms with Crippen molar-refractivity contribution >= 4 is 35.8 Å². The minimum atomic E-state index is 0. The Hall–Kier alpha value is -1.13. The lowest BCUT2D eigenvalue weighted by Crippen LogP contribution is -2.51. The van der Waals surface area contributed by atoms with Crippen molar-refractivity contribution in [3.05, 3.63) is 23.9 Å². The highest BCUT2D eigenvalue weighted by Crippen LogP contribution is 2.09. The van der Waals surface area contributed by atoms with Crippen LogP contribution in [0.1, 0.15) is 5.69 Å². The zero-order chi connectivity index (χ0) is 16.7. The first-order valence-corrected chi connectivity index (χ1v) is 7.83. The third kappa shape index (κ3) is 6.06. The summed E-state index contributed by atoms with van der Waals surface area (Å²) in [5.74, 6) is 1.82. The molecule has 1 saturated heterocycles. The Labute approximate surface area is 161 Å². The van der Waals surface area contributed by atoms with Crippen LogP contribution >= 0.6 is 24.0 Å². The molecule has 24 heavy (non-hydrogen) atoms. The molecule has 0 saturated carbocycles. The van der Waals surface area contributed by atoms with Gasteiger partial charge in [-0.3, -0.25) is 4.99 Å². The van der Waals surface area contributed by atoms with Crippen molar-refractivity contribution in [1.82, 2.24) is 15.2 Å². The van der Waals surface area contributed by atoms with Gasteiger partial charge in [-0.1, -0.05) is 6.07 Å². The summed E-state index contributed by atoms with van der Waals surface area (Å²) in [5.41, 5.74) is 0.985. The zero-order valence-corrected chi connectivity index (χ0v) is 17.2. The highest BCUT2D eigenvalue weighted by Gasteiger charge is 2.22. The van der Waals surface area contributed by atoms with Crippen molar-refractivity contribution in [3.8, 4) is 0 Å². The maximum absolute atomic E-state index is 5.68. The Kier molecular flexibility index (Phi) is 9.30. The second kappa shape index (κ2) is 10.7. The molecule has 1 aromatic heterocycles. The molecule has 0 aliphatic carbocycles. The monoisotopic (exact) mass is 449 g/mol. The largest absolute Gasteiger partial charge is 0.382 e. The highest BCUT2D eigenvalue weighted by atomic mass is 127. The van der Waals surface area contributed by atoms with Crippen LogP contribution in [-0.4, -0.2) is 76.5 Å². The van der Waals surface area contributed by atoms with E-state index in [9.17, 15) is 0 Å². The summed E-state index contributed by atoms with van der Waals surface area (Å²) in [4.78, 5) is 13.2. The quantitative estimate of drug-likeness (QED) is 0.414. The molecule has 0 amide bonds. The number of hydrogen-bond acceptors (Lipinski definition) is 5. The van der Waals surface area contributed by atoms with Gasteiger partial charge in [-0.15, -0.1) is 24.0 Å². The zero-order valence-electron chi connectivity index (χ0n) is 14.9. The molecule has 7 nitrogen and oxygen atoms in total. The average molecular weight is 449 g/mol. The molecule has 136 valence electrons. The maximum Gasteiger partial charge on any atom is 0.194 e. The molecular weight excluding hydrogens is 421 g/mol. The first-order valence-electron chi connectivity index (χ1n) is 7.83. The Bertz CT molecular complexity index is 525. The summed E-state index contributed by atoms with van der Waals surface area (Å²) in [6.45, 7) is 3.52. The van der Waals surface area contributed by atoms with Gasteiger partial charge in [0.1, 0.15) is 5.82 Å². The van der Waals surface area contributed by atoms with Crippen molar-refractivity contribution in [3.63, 3.8) is 0 Å². The number of methoxy groups -OCH3 is 1. The van der Waals surface area contributed by atoms with Gasteiger partial charge in [-0.05, 0) is 12.1 Å². The Morgan fingerprint density at radius 1 is 1.50 bits per heavy atom. The highest BCUT2D eigenvalue weighted by molar-refractivity contribution is 14.0. The van der Waals surface area contributed by atoms with Gasteiger partial charge in [0.2, 0.25) is 0 Å². The summed E-state index contributed by atoms with van der Waals surface area (Å²) in [6.07, 6.45) is 0.0856. The van der Waals surface area contributed by atoms with E-state index in [0.29, 0.717) is 19.8 Å². The standard InChI is InChI=1S/C16H27N5O2.HI/c1-17-16(21-8-9-23-14(11-21)12-22-4)18-10-13-6-5-7-15(19-13)20(2)3;/h5-7,14H,8-12H2,1-4H3,(H,17,18);1H. The molecule has 8 heteroatoms. The Morgan fingerprint density at radius 2 is 2.29 bits per heavy atom. The average Bonchev–Trinajstić information content (AvgIpc) is 2.56. The third-order valence-corrected chi connectivity index (χ3v) is 3.68. The second-order valence-corrected chi connectivity index (χ2v) is 5.68. The molecule has 1 unspecified atom stereocenters. The SMILES string of the molecule is CN=C(NCc1cccc(N(C)C)n1)N1CCOC(COC)C1.I. The molecule has 1 aliphatic rings. The number of ether oxygens (including phenoxy) is 2. The molecule has 1 atom stereocenters. The molecule has 1 fully saturated rings. The summed E-state index contributed by atoms with van der Waals surface area (Å²) >= 11 is 0. The van der Waals surface area contributed by atoms with E-state index in [1.807, 2.05) is 37.2 Å². The number of pyridine rings is 1. The minimum Gasteiger partial charge on any atom is -0.382 e. The number of rotatable bonds is 5. The van der Waals surface area contributed by atoms with Gasteiger partial charge in [0.15, 0.2) is 5.96 Å². The molecule has 1 aliphatic heterocycles. The predicted octanol–water partition coefficient (Wildman–Crippen LogP) is 1.19. The van der Waals surface area contributed by atoms with Gasteiger partial charge in [0, 0.05) is 41.3 Å². The molecule has 1 aromatic rings. The van der Waals surface area contributed by atoms with E-state index in [4.69, 9.17) is 9.47 Å². The number of nitrogens with one attached hydrogen (secondary N) is 1. The predicted molar refractivity (Wildman–Crippen MR) is 107 cm³/mol. The Balaban J connectivity index is 0.00000288. The van der Waals surface area contributed by atoms with Gasteiger partial charge in [0.25, 0.3) is 0 Å². The number of nitrogens with zero attached hydrogens (tertiary/aromatic N) is 4. The van der Waals surface area contributed by atoms with E-state index in [-0.39, 0.29) is 30.1 Å². The molecular formula is C16H28IN5O2. The van der Waals surface area contributed by atoms with E-state index in [2.05, 4.69) is 20.2 Å². The lowest BCUT2D eigenvalue weighted by atomic mass is 10.3. The first kappa shape index (κ1) is 20.9. The number of aromatic nitrogens is 1. The van der Waals surface area contributed by atoms with Crippen LogP contribution in [0, 0.1) is 0 Å². The van der Waals surface area contributed by atoms with Crippen molar-refractivity contribution in [2.45, 2.75) is 12.6 Å². The van der Waals surface area contributed by atoms with Crippen LogP contribution in [0.3, 0.4) is 0 Å². The molecule has 0 spiro atoms. The number of halogens is 1. The van der Waals surface area contributed by atoms with Crippen LogP contribution in [0.5, 0.6) is 0 Å². The number of guanidine groups is 1. The number of aliphatic imine (C=N–C) groups is 1. The second-order valence-electron chi connectivity index (χ2n) is 5.68. The fourth-order valence-corrected chi connectivity index (χ4v) is 2.51. The van der Waals surface area contributed by atoms with Crippen LogP contribution in [0.2, 0.25) is 0 Å². The smallest absolute Gasteiger partial charge is 0.194 e. The summed E-state index contributed by atoms with van der Waals surface area (Å²) in [6, 6.07) is 6.03. The summed E-state index contributed by atoms with van der Waals surface area (Å²) < 4.78 is 10.9. The Morgan fingerprint density at radius 3 is 2.96 bits per heavy atom. The molecule has 0 aromatic carbocycles. The maximum atomic E-state index is 5.68. The molecule has 2 heterocycles. The minimum absolute atomic E-state index is 0. The third-order valence-electron chi connectivity index (χ3n) is 3.68. The van der Waals surface area contributed by atoms with Crippen LogP contribution in [0.4, 0.5) is 5.82 Å². The topological polar surface area (TPSA) is 62.2 Å². The molecule has 0 bridgehead atoms. The molecule has 2 rings (SSSR count). The normalized spacial score (nSPS) is 18.1. The fraction of sp³-hybridized carbons (Fsp3) is 0.625. The van der Waals surface area contributed by atoms with E-state index < -0.39 is 0 Å². The molecule has 0 radical (unpaired) electrons. The lowest BCUT2D eigenvalue weighted by molar-refractivity contribution is -0.0447. The van der Waals surface area contributed by atoms with E-state index >= 15 is 0 Å². The van der Waals surface area contributed by atoms with Gasteiger partial charge in [-0.25, -0.2) is 4.98 Å². The number of hydrogen-bond donors (Lipinski definition) is 1. The van der Waals surface area contributed by atoms with Gasteiger partial charge >= 0.3 is 0 Å². The first-order chi connectivity index (χ1) is 11.1. The van der Waals surface area contributed by atoms with Crippen LogP contribution in [0.25, 0.3) is 0 Å². The summed E-state index contributed by atoms with van der Waals surface area (Å²) in [7, 11) is 7.47. The molecule has 1 N–H and O–H groups in total. The van der Waals surface area contributed by atoms with Gasteiger partial charge < -0.3 is 24.6 Å². The van der Waals surface area contributed by atoms with Crippen LogP contribution in [-0.2, 0) is 16.0 Å². The summed E-state index contributed by atoms with van der Waals surface area (Å²) in [5, 5.41) is 3.38. The van der Waals surface area contributed by atoms with E-state index in [0.717, 1.165) is 30.6 Å². The number of morpholine rings is 1. The van der Waals surface area contributed by atoms with Crippen molar-refractivity contribution in [2.24, 2.45) is 4.99 Å². The van der Waals surface area contributed by atoms with E-state index in [1.54, 1.807) is 14.2 Å². The van der Waals surface area contributed by atoms with Gasteiger partial charge in [0.05, 0.1) is 31.6 Å². The van der Waals surface area contributed by atoms with Crippen molar-refractivity contribution in [2.75, 3.05) is 59.5 Å². The van der Waals surface area contributed by atoms with Gasteiger partial charge in [-0.2, -0.15) is 0 Å².